The van der Waals surface area contributed by atoms with Gasteiger partial charge in [-0.05, 0) is 58.6 Å². The zero-order chi connectivity index (χ0) is 20.3. The number of carbonyl (C=O) groups excluding carboxylic acids is 3. The molecule has 7 nitrogen and oxygen atoms in total. The van der Waals surface area contributed by atoms with Crippen LogP contribution in [0.2, 0.25) is 0 Å². The van der Waals surface area contributed by atoms with E-state index in [0.717, 1.165) is 12.8 Å². The van der Waals surface area contributed by atoms with Gasteiger partial charge >= 0.3 is 12.1 Å². The summed E-state index contributed by atoms with van der Waals surface area (Å²) in [6, 6.07) is 7.64. The van der Waals surface area contributed by atoms with Crippen molar-refractivity contribution in [3.63, 3.8) is 0 Å². The number of amides is 2. The minimum Gasteiger partial charge on any atom is -0.444 e. The highest BCUT2D eigenvalue weighted by molar-refractivity contribution is 5.91. The maximum atomic E-state index is 13.2. The molecule has 2 heterocycles. The summed E-state index contributed by atoms with van der Waals surface area (Å²) in [5, 5.41) is 0. The van der Waals surface area contributed by atoms with Crippen LogP contribution in [0.1, 0.15) is 46.5 Å². The third-order valence-corrected chi connectivity index (χ3v) is 4.94. The lowest BCUT2D eigenvalue weighted by atomic mass is 10.1. The lowest BCUT2D eigenvalue weighted by Gasteiger charge is -2.31. The molecule has 2 aliphatic rings. The fourth-order valence-electron chi connectivity index (χ4n) is 3.70. The summed E-state index contributed by atoms with van der Waals surface area (Å²) in [7, 11) is 0. The van der Waals surface area contributed by atoms with E-state index in [1.807, 2.05) is 6.07 Å². The molecule has 2 atom stereocenters. The summed E-state index contributed by atoms with van der Waals surface area (Å²) in [5.74, 6) is -0.169. The number of benzene rings is 1. The second kappa shape index (κ2) is 8.20. The number of para-hydroxylation sites is 1. The van der Waals surface area contributed by atoms with Gasteiger partial charge in [-0.15, -0.1) is 0 Å². The topological polar surface area (TPSA) is 76.2 Å². The molecule has 1 aromatic rings. The van der Waals surface area contributed by atoms with Crippen molar-refractivity contribution in [3.05, 3.63) is 30.3 Å². The second-order valence-electron chi connectivity index (χ2n) is 8.26. The second-order valence-corrected chi connectivity index (χ2v) is 8.26. The number of likely N-dealkylation sites (tertiary alicyclic amines) is 2. The van der Waals surface area contributed by atoms with Crippen LogP contribution < -0.4 is 4.74 Å². The van der Waals surface area contributed by atoms with Gasteiger partial charge < -0.3 is 14.4 Å². The van der Waals surface area contributed by atoms with Crippen LogP contribution in [-0.2, 0) is 14.3 Å². The minimum absolute atomic E-state index is 0.198. The zero-order valence-corrected chi connectivity index (χ0v) is 16.7. The first kappa shape index (κ1) is 20.2. The van der Waals surface area contributed by atoms with E-state index in [9.17, 15) is 14.4 Å². The lowest BCUT2D eigenvalue weighted by Crippen LogP contribution is -2.52. The number of hydrogen-bond acceptors (Lipinski definition) is 5. The quantitative estimate of drug-likeness (QED) is 0.588. The Morgan fingerprint density at radius 1 is 0.929 bits per heavy atom. The molecule has 7 heteroatoms. The smallest absolute Gasteiger partial charge is 0.410 e. The Bertz CT molecular complexity index is 728. The van der Waals surface area contributed by atoms with Gasteiger partial charge in [-0.3, -0.25) is 9.69 Å². The van der Waals surface area contributed by atoms with Crippen molar-refractivity contribution < 1.29 is 23.9 Å². The number of esters is 1. The Balaban J connectivity index is 1.68. The molecule has 0 spiro atoms. The third kappa shape index (κ3) is 4.64. The number of carbonyl (C=O) groups is 3. The summed E-state index contributed by atoms with van der Waals surface area (Å²) in [5.41, 5.74) is -0.622. The molecule has 0 bridgehead atoms. The van der Waals surface area contributed by atoms with Crippen LogP contribution >= 0.6 is 0 Å². The summed E-state index contributed by atoms with van der Waals surface area (Å²) >= 11 is 0. The van der Waals surface area contributed by atoms with Crippen LogP contribution in [0.3, 0.4) is 0 Å². The monoisotopic (exact) mass is 388 g/mol. The van der Waals surface area contributed by atoms with Gasteiger partial charge in [-0.1, -0.05) is 18.2 Å². The van der Waals surface area contributed by atoms with Gasteiger partial charge in [0.1, 0.15) is 23.4 Å². The standard InChI is InChI=1S/C21H28N2O5/c1-21(2,3)28-20(26)23-14-7-11-16(23)18(24)22-13-8-12-17(22)19(25)27-15-9-5-4-6-10-15/h4-6,9-10,16-17H,7-8,11-14H2,1-3H3. The van der Waals surface area contributed by atoms with E-state index in [2.05, 4.69) is 0 Å². The Morgan fingerprint density at radius 2 is 1.54 bits per heavy atom. The molecule has 1 aromatic carbocycles. The lowest BCUT2D eigenvalue weighted by molar-refractivity contribution is -0.148. The molecule has 2 fully saturated rings. The SMILES string of the molecule is CC(C)(C)OC(=O)N1CCCC1C(=O)N1CCCC1C(=O)Oc1ccccc1. The molecule has 0 aliphatic carbocycles. The Morgan fingerprint density at radius 3 is 2.18 bits per heavy atom. The molecule has 28 heavy (non-hydrogen) atoms. The highest BCUT2D eigenvalue weighted by atomic mass is 16.6. The predicted molar refractivity (Wildman–Crippen MR) is 103 cm³/mol. The normalized spacial score (nSPS) is 22.2. The highest BCUT2D eigenvalue weighted by Crippen LogP contribution is 2.27. The van der Waals surface area contributed by atoms with Crippen molar-refractivity contribution in [1.82, 2.24) is 9.80 Å². The first-order chi connectivity index (χ1) is 13.3. The largest absolute Gasteiger partial charge is 0.444 e. The zero-order valence-electron chi connectivity index (χ0n) is 16.7. The summed E-state index contributed by atoms with van der Waals surface area (Å²) in [4.78, 5) is 41.3. The summed E-state index contributed by atoms with van der Waals surface area (Å²) in [6.07, 6.45) is 2.14. The van der Waals surface area contributed by atoms with E-state index in [1.165, 1.54) is 4.90 Å². The summed E-state index contributed by atoms with van der Waals surface area (Å²) < 4.78 is 10.9. The van der Waals surface area contributed by atoms with Crippen LogP contribution in [-0.4, -0.2) is 58.5 Å². The molecule has 3 rings (SSSR count). The van der Waals surface area contributed by atoms with Gasteiger partial charge in [-0.2, -0.15) is 0 Å². The molecule has 2 saturated heterocycles. The van der Waals surface area contributed by atoms with Crippen molar-refractivity contribution >= 4 is 18.0 Å². The van der Waals surface area contributed by atoms with Crippen LogP contribution in [0.25, 0.3) is 0 Å². The van der Waals surface area contributed by atoms with Gasteiger partial charge in [0, 0.05) is 13.1 Å². The maximum Gasteiger partial charge on any atom is 0.410 e. The van der Waals surface area contributed by atoms with E-state index in [1.54, 1.807) is 49.9 Å². The van der Waals surface area contributed by atoms with Gasteiger partial charge in [0.05, 0.1) is 0 Å². The van der Waals surface area contributed by atoms with E-state index in [4.69, 9.17) is 9.47 Å². The third-order valence-electron chi connectivity index (χ3n) is 4.94. The van der Waals surface area contributed by atoms with E-state index >= 15 is 0 Å². The van der Waals surface area contributed by atoms with Gasteiger partial charge in [0.25, 0.3) is 0 Å². The van der Waals surface area contributed by atoms with Crippen LogP contribution in [0.4, 0.5) is 4.79 Å². The van der Waals surface area contributed by atoms with Crippen LogP contribution in [0, 0.1) is 0 Å². The van der Waals surface area contributed by atoms with Crippen LogP contribution in [0.5, 0.6) is 5.75 Å². The van der Waals surface area contributed by atoms with Gasteiger partial charge in [0.15, 0.2) is 0 Å². The van der Waals surface area contributed by atoms with E-state index < -0.39 is 29.7 Å². The van der Waals surface area contributed by atoms with Crippen molar-refractivity contribution in [3.8, 4) is 5.75 Å². The predicted octanol–water partition coefficient (Wildman–Crippen LogP) is 2.98. The highest BCUT2D eigenvalue weighted by Gasteiger charge is 2.43. The molecule has 0 radical (unpaired) electrons. The number of rotatable bonds is 3. The average molecular weight is 388 g/mol. The minimum atomic E-state index is -0.622. The number of nitrogens with zero attached hydrogens (tertiary/aromatic N) is 2. The van der Waals surface area contributed by atoms with E-state index in [0.29, 0.717) is 31.7 Å². The van der Waals surface area contributed by atoms with Crippen molar-refractivity contribution in [2.24, 2.45) is 0 Å². The van der Waals surface area contributed by atoms with E-state index in [-0.39, 0.29) is 5.91 Å². The first-order valence-corrected chi connectivity index (χ1v) is 9.83. The van der Waals surface area contributed by atoms with Crippen LogP contribution in [0.15, 0.2) is 30.3 Å². The van der Waals surface area contributed by atoms with Crippen molar-refractivity contribution in [2.45, 2.75) is 64.1 Å². The number of ether oxygens (including phenoxy) is 2. The fourth-order valence-corrected chi connectivity index (χ4v) is 3.70. The Labute approximate surface area is 165 Å². The van der Waals surface area contributed by atoms with Crippen molar-refractivity contribution in [2.75, 3.05) is 13.1 Å². The molecule has 2 amide bonds. The Hall–Kier alpha value is -2.57. The molecule has 0 N–H and O–H groups in total. The van der Waals surface area contributed by atoms with Gasteiger partial charge in [0.2, 0.25) is 5.91 Å². The number of hydrogen-bond donors (Lipinski definition) is 0. The molecular formula is C21H28N2O5. The molecule has 152 valence electrons. The van der Waals surface area contributed by atoms with Crippen molar-refractivity contribution in [1.29, 1.82) is 0 Å². The average Bonchev–Trinajstić information content (AvgIpc) is 3.30. The summed E-state index contributed by atoms with van der Waals surface area (Å²) in [6.45, 7) is 6.38. The molecule has 2 unspecified atom stereocenters. The fraction of sp³-hybridized carbons (Fsp3) is 0.571. The first-order valence-electron chi connectivity index (χ1n) is 9.83. The molecule has 0 saturated carbocycles. The maximum absolute atomic E-state index is 13.2. The Kier molecular flexibility index (Phi) is 5.91. The van der Waals surface area contributed by atoms with Gasteiger partial charge in [-0.25, -0.2) is 9.59 Å². The molecule has 2 aliphatic heterocycles. The molecular weight excluding hydrogens is 360 g/mol. The molecule has 0 aromatic heterocycles.